The Labute approximate surface area is 123 Å². The van der Waals surface area contributed by atoms with E-state index in [0.29, 0.717) is 6.42 Å². The average molecular weight is 298 g/mol. The maximum absolute atomic E-state index is 11.7. The molecule has 0 saturated carbocycles. The molecule has 1 aromatic heterocycles. The predicted octanol–water partition coefficient (Wildman–Crippen LogP) is 2.48. The van der Waals surface area contributed by atoms with Gasteiger partial charge < -0.3 is 15.7 Å². The summed E-state index contributed by atoms with van der Waals surface area (Å²) in [7, 11) is 0. The van der Waals surface area contributed by atoms with Crippen LogP contribution in [-0.4, -0.2) is 29.7 Å². The van der Waals surface area contributed by atoms with Crippen molar-refractivity contribution in [3.8, 4) is 0 Å². The third-order valence-electron chi connectivity index (χ3n) is 2.96. The third kappa shape index (κ3) is 6.06. The van der Waals surface area contributed by atoms with E-state index in [1.165, 1.54) is 4.88 Å². The van der Waals surface area contributed by atoms with Gasteiger partial charge in [-0.25, -0.2) is 4.79 Å². The number of carbonyl (C=O) groups is 2. The molecule has 6 heteroatoms. The molecule has 0 radical (unpaired) electrons. The van der Waals surface area contributed by atoms with Crippen molar-refractivity contribution in [2.45, 2.75) is 39.2 Å². The molecule has 0 aromatic carbocycles. The number of amides is 2. The summed E-state index contributed by atoms with van der Waals surface area (Å²) in [6, 6.07) is 3.72. The minimum absolute atomic E-state index is 0.0168. The van der Waals surface area contributed by atoms with Crippen LogP contribution in [-0.2, 0) is 11.2 Å². The quantitative estimate of drug-likeness (QED) is 0.690. The van der Waals surface area contributed by atoms with Crippen LogP contribution in [0.3, 0.4) is 0 Å². The summed E-state index contributed by atoms with van der Waals surface area (Å²) >= 11 is 1.66. The molecule has 1 aromatic rings. The summed E-state index contributed by atoms with van der Waals surface area (Å²) in [5.74, 6) is -1.38. The van der Waals surface area contributed by atoms with E-state index in [1.54, 1.807) is 11.3 Å². The first-order chi connectivity index (χ1) is 9.52. The second-order valence-corrected chi connectivity index (χ2v) is 5.89. The van der Waals surface area contributed by atoms with Gasteiger partial charge >= 0.3 is 12.0 Å². The van der Waals surface area contributed by atoms with Gasteiger partial charge in [-0.2, -0.15) is 0 Å². The Kier molecular flexibility index (Phi) is 7.08. The Morgan fingerprint density at radius 1 is 1.45 bits per heavy atom. The summed E-state index contributed by atoms with van der Waals surface area (Å²) in [5, 5.41) is 16.5. The molecule has 0 saturated heterocycles. The minimum Gasteiger partial charge on any atom is -0.481 e. The molecule has 0 aliphatic carbocycles. The molecule has 0 fully saturated rings. The molecule has 2 atom stereocenters. The molecule has 0 bridgehead atoms. The first kappa shape index (κ1) is 16.5. The lowest BCUT2D eigenvalue weighted by Crippen LogP contribution is -2.44. The third-order valence-corrected chi connectivity index (χ3v) is 3.86. The first-order valence-electron chi connectivity index (χ1n) is 6.82. The predicted molar refractivity (Wildman–Crippen MR) is 80.1 cm³/mol. The fourth-order valence-electron chi connectivity index (χ4n) is 1.93. The van der Waals surface area contributed by atoms with Crippen molar-refractivity contribution in [3.63, 3.8) is 0 Å². The molecule has 2 unspecified atom stereocenters. The SMILES string of the molecule is CCCC(CNC(=O)NC(C)Cc1cccs1)C(=O)O. The number of urea groups is 1. The van der Waals surface area contributed by atoms with E-state index in [4.69, 9.17) is 5.11 Å². The second-order valence-electron chi connectivity index (χ2n) is 4.86. The average Bonchev–Trinajstić information content (AvgIpc) is 2.86. The molecular formula is C14H22N2O3S. The standard InChI is InChI=1S/C14H22N2O3S/c1-3-5-11(13(17)18)9-15-14(19)16-10(2)8-12-6-4-7-20-12/h4,6-7,10-11H,3,5,8-9H2,1-2H3,(H,17,18)(H2,15,16,19). The van der Waals surface area contributed by atoms with Crippen LogP contribution in [0.4, 0.5) is 4.79 Å². The fraction of sp³-hybridized carbons (Fsp3) is 0.571. The monoisotopic (exact) mass is 298 g/mol. The largest absolute Gasteiger partial charge is 0.481 e. The summed E-state index contributed by atoms with van der Waals surface area (Å²) in [6.45, 7) is 4.03. The zero-order valence-electron chi connectivity index (χ0n) is 11.9. The van der Waals surface area contributed by atoms with E-state index in [0.717, 1.165) is 12.8 Å². The lowest BCUT2D eigenvalue weighted by molar-refractivity contribution is -0.141. The summed E-state index contributed by atoms with van der Waals surface area (Å²) in [6.07, 6.45) is 2.14. The first-order valence-corrected chi connectivity index (χ1v) is 7.70. The second kappa shape index (κ2) is 8.58. The van der Waals surface area contributed by atoms with Crippen molar-refractivity contribution in [2.75, 3.05) is 6.54 Å². The van der Waals surface area contributed by atoms with Crippen LogP contribution >= 0.6 is 11.3 Å². The Morgan fingerprint density at radius 2 is 2.20 bits per heavy atom. The molecule has 1 heterocycles. The summed E-state index contributed by atoms with van der Waals surface area (Å²) in [4.78, 5) is 23.9. The number of carboxylic acid groups (broad SMARTS) is 1. The topological polar surface area (TPSA) is 78.4 Å². The van der Waals surface area contributed by atoms with Crippen molar-refractivity contribution in [3.05, 3.63) is 22.4 Å². The van der Waals surface area contributed by atoms with Gasteiger partial charge in [-0.1, -0.05) is 19.4 Å². The number of carbonyl (C=O) groups excluding carboxylic acids is 1. The molecular weight excluding hydrogens is 276 g/mol. The minimum atomic E-state index is -0.862. The zero-order valence-corrected chi connectivity index (χ0v) is 12.7. The molecule has 0 aliphatic heterocycles. The van der Waals surface area contributed by atoms with Gasteiger partial charge in [0.2, 0.25) is 0 Å². The van der Waals surface area contributed by atoms with Crippen LogP contribution < -0.4 is 10.6 Å². The van der Waals surface area contributed by atoms with Gasteiger partial charge in [0.25, 0.3) is 0 Å². The number of hydrogen-bond donors (Lipinski definition) is 3. The Balaban J connectivity index is 2.30. The highest BCUT2D eigenvalue weighted by Crippen LogP contribution is 2.10. The van der Waals surface area contributed by atoms with Gasteiger partial charge in [0.15, 0.2) is 0 Å². The van der Waals surface area contributed by atoms with Crippen LogP contribution in [0.25, 0.3) is 0 Å². The summed E-state index contributed by atoms with van der Waals surface area (Å²) < 4.78 is 0. The molecule has 1 rings (SSSR count). The van der Waals surface area contributed by atoms with E-state index in [2.05, 4.69) is 10.6 Å². The lowest BCUT2D eigenvalue weighted by Gasteiger charge is -2.16. The van der Waals surface area contributed by atoms with Crippen LogP contribution in [0.5, 0.6) is 0 Å². The molecule has 0 aliphatic rings. The van der Waals surface area contributed by atoms with Gasteiger partial charge in [0, 0.05) is 23.9 Å². The molecule has 5 nitrogen and oxygen atoms in total. The van der Waals surface area contributed by atoms with E-state index in [1.807, 2.05) is 31.4 Å². The fourth-order valence-corrected chi connectivity index (χ4v) is 2.77. The highest BCUT2D eigenvalue weighted by Gasteiger charge is 2.17. The molecule has 112 valence electrons. The maximum Gasteiger partial charge on any atom is 0.315 e. The van der Waals surface area contributed by atoms with Crippen molar-refractivity contribution in [1.82, 2.24) is 10.6 Å². The Morgan fingerprint density at radius 3 is 2.75 bits per heavy atom. The molecule has 2 amide bonds. The number of carboxylic acids is 1. The number of rotatable bonds is 8. The molecule has 0 spiro atoms. The Bertz CT molecular complexity index is 420. The summed E-state index contributed by atoms with van der Waals surface area (Å²) in [5.41, 5.74) is 0. The van der Waals surface area contributed by atoms with Crippen LogP contribution in [0.15, 0.2) is 17.5 Å². The van der Waals surface area contributed by atoms with Gasteiger partial charge in [0.1, 0.15) is 0 Å². The lowest BCUT2D eigenvalue weighted by atomic mass is 10.0. The number of thiophene rings is 1. The van der Waals surface area contributed by atoms with Crippen molar-refractivity contribution >= 4 is 23.3 Å². The highest BCUT2D eigenvalue weighted by atomic mass is 32.1. The maximum atomic E-state index is 11.7. The van der Waals surface area contributed by atoms with Gasteiger partial charge in [-0.3, -0.25) is 4.79 Å². The van der Waals surface area contributed by atoms with Crippen LogP contribution in [0, 0.1) is 5.92 Å². The number of nitrogens with one attached hydrogen (secondary N) is 2. The number of aliphatic carboxylic acids is 1. The van der Waals surface area contributed by atoms with Crippen molar-refractivity contribution in [2.24, 2.45) is 5.92 Å². The van der Waals surface area contributed by atoms with E-state index in [9.17, 15) is 9.59 Å². The van der Waals surface area contributed by atoms with Crippen LogP contribution in [0.1, 0.15) is 31.6 Å². The van der Waals surface area contributed by atoms with Crippen molar-refractivity contribution in [1.29, 1.82) is 0 Å². The van der Waals surface area contributed by atoms with Crippen molar-refractivity contribution < 1.29 is 14.7 Å². The normalized spacial score (nSPS) is 13.5. The van der Waals surface area contributed by atoms with Crippen LogP contribution in [0.2, 0.25) is 0 Å². The van der Waals surface area contributed by atoms with Gasteiger partial charge in [0.05, 0.1) is 5.92 Å². The molecule has 3 N–H and O–H groups in total. The Hall–Kier alpha value is -1.56. The van der Waals surface area contributed by atoms with E-state index < -0.39 is 11.9 Å². The van der Waals surface area contributed by atoms with Gasteiger partial charge in [-0.15, -0.1) is 11.3 Å². The smallest absolute Gasteiger partial charge is 0.315 e. The zero-order chi connectivity index (χ0) is 15.0. The molecule has 20 heavy (non-hydrogen) atoms. The highest BCUT2D eigenvalue weighted by molar-refractivity contribution is 7.09. The van der Waals surface area contributed by atoms with Gasteiger partial charge in [-0.05, 0) is 24.8 Å². The number of hydrogen-bond acceptors (Lipinski definition) is 3. The van der Waals surface area contributed by atoms with E-state index in [-0.39, 0.29) is 18.6 Å². The van der Waals surface area contributed by atoms with E-state index >= 15 is 0 Å².